The minimum absolute atomic E-state index is 0.0713. The molecule has 0 saturated carbocycles. The van der Waals surface area contributed by atoms with Gasteiger partial charge < -0.3 is 25.2 Å². The Morgan fingerprint density at radius 1 is 1.13 bits per heavy atom. The number of benzene rings is 1. The maximum Gasteiger partial charge on any atom is 0.263 e. The topological polar surface area (TPSA) is 106 Å². The van der Waals surface area contributed by atoms with Crippen LogP contribution in [0.25, 0.3) is 10.9 Å². The molecule has 4 rings (SSSR count). The van der Waals surface area contributed by atoms with Crippen LogP contribution in [0.1, 0.15) is 70.2 Å². The summed E-state index contributed by atoms with van der Waals surface area (Å²) in [6.45, 7) is 8.17. The molecule has 0 spiro atoms. The first-order chi connectivity index (χ1) is 18.4. The molecule has 206 valence electrons. The lowest BCUT2D eigenvalue weighted by molar-refractivity contribution is -0.118. The van der Waals surface area contributed by atoms with Crippen LogP contribution in [0.5, 0.6) is 11.6 Å². The summed E-state index contributed by atoms with van der Waals surface area (Å²) in [5, 5.41) is 17.7. The first-order valence-electron chi connectivity index (χ1n) is 13.3. The van der Waals surface area contributed by atoms with Crippen LogP contribution in [0.4, 0.5) is 5.82 Å². The molecule has 2 atom stereocenters. The second-order valence-electron chi connectivity index (χ2n) is 9.34. The molecule has 1 aromatic carbocycles. The number of fused-ring (bicyclic) bond motifs is 2. The van der Waals surface area contributed by atoms with Gasteiger partial charge in [0.15, 0.2) is 18.2 Å². The van der Waals surface area contributed by atoms with Gasteiger partial charge in [0.2, 0.25) is 5.88 Å². The van der Waals surface area contributed by atoms with Crippen LogP contribution in [-0.2, 0) is 11.3 Å². The van der Waals surface area contributed by atoms with Crippen LogP contribution in [0.3, 0.4) is 0 Å². The number of unbranched alkanes of at least 4 members (excludes halogenated alkanes) is 1. The van der Waals surface area contributed by atoms with Crippen LogP contribution in [0.2, 0.25) is 5.02 Å². The van der Waals surface area contributed by atoms with E-state index in [0.717, 1.165) is 23.5 Å². The number of nitrogens with one attached hydrogen (secondary N) is 2. The van der Waals surface area contributed by atoms with E-state index in [9.17, 15) is 9.90 Å². The van der Waals surface area contributed by atoms with Crippen molar-refractivity contribution in [2.45, 2.75) is 65.5 Å². The number of pyridine rings is 2. The van der Waals surface area contributed by atoms with Crippen molar-refractivity contribution in [2.75, 3.05) is 25.6 Å². The Hall–Kier alpha value is -2.94. The quantitative estimate of drug-likeness (QED) is 0.270. The third kappa shape index (κ3) is 8.03. The lowest BCUT2D eigenvalue weighted by Gasteiger charge is -2.18. The summed E-state index contributed by atoms with van der Waals surface area (Å²) in [6.07, 6.45) is 5.02. The molecule has 3 heterocycles. The number of aliphatic hydroxyl groups excluding tert-OH is 1. The van der Waals surface area contributed by atoms with Crippen LogP contribution in [0, 0.1) is 5.92 Å². The number of rotatable bonds is 11. The molecule has 3 N–H and O–H groups in total. The van der Waals surface area contributed by atoms with Crippen LogP contribution >= 0.6 is 11.6 Å². The van der Waals surface area contributed by atoms with E-state index in [1.165, 1.54) is 25.7 Å². The van der Waals surface area contributed by atoms with Crippen LogP contribution in [-0.4, -0.2) is 41.2 Å². The summed E-state index contributed by atoms with van der Waals surface area (Å²) in [5.41, 5.74) is 2.29. The number of hydrogen-bond acceptors (Lipinski definition) is 7. The molecular weight excluding hydrogens is 504 g/mol. The summed E-state index contributed by atoms with van der Waals surface area (Å²) >= 11 is 6.13. The fourth-order valence-electron chi connectivity index (χ4n) is 4.25. The number of aromatic nitrogens is 2. The predicted octanol–water partition coefficient (Wildman–Crippen LogP) is 6.06. The molecule has 9 heteroatoms. The van der Waals surface area contributed by atoms with E-state index in [-0.39, 0.29) is 12.5 Å². The van der Waals surface area contributed by atoms with Crippen molar-refractivity contribution in [1.29, 1.82) is 0 Å². The molecule has 0 aliphatic carbocycles. The van der Waals surface area contributed by atoms with Gasteiger partial charge in [-0.05, 0) is 49.6 Å². The molecule has 1 aliphatic rings. The SMILES string of the molecule is CCC(O)c1c(Cl)ccc2ccc(OC)nc12.CCCCC(CC)CNCc1ccc2c(n1)NC(=O)CO2. The number of anilines is 1. The Kier molecular flexibility index (Phi) is 11.6. The number of hydrogen-bond donors (Lipinski definition) is 3. The van der Waals surface area contributed by atoms with Gasteiger partial charge in [0.1, 0.15) is 0 Å². The molecular formula is C29H39ClN4O4. The highest BCUT2D eigenvalue weighted by Gasteiger charge is 2.18. The minimum atomic E-state index is -0.606. The van der Waals surface area contributed by atoms with Gasteiger partial charge in [0.05, 0.1) is 24.4 Å². The predicted molar refractivity (Wildman–Crippen MR) is 152 cm³/mol. The van der Waals surface area contributed by atoms with E-state index in [4.69, 9.17) is 21.1 Å². The fourth-order valence-corrected chi connectivity index (χ4v) is 4.53. The van der Waals surface area contributed by atoms with Gasteiger partial charge in [-0.2, -0.15) is 0 Å². The van der Waals surface area contributed by atoms with Gasteiger partial charge >= 0.3 is 0 Å². The highest BCUT2D eigenvalue weighted by molar-refractivity contribution is 6.32. The second-order valence-corrected chi connectivity index (χ2v) is 9.75. The number of ether oxygens (including phenoxy) is 2. The normalized spacial score (nSPS) is 14.0. The van der Waals surface area contributed by atoms with Gasteiger partial charge in [0, 0.05) is 28.6 Å². The van der Waals surface area contributed by atoms with Crippen molar-refractivity contribution >= 4 is 34.2 Å². The number of aliphatic hydroxyl groups is 1. The first-order valence-corrected chi connectivity index (χ1v) is 13.7. The molecule has 0 fully saturated rings. The highest BCUT2D eigenvalue weighted by Crippen LogP contribution is 2.32. The van der Waals surface area contributed by atoms with Gasteiger partial charge in [0.25, 0.3) is 5.91 Å². The van der Waals surface area contributed by atoms with Gasteiger partial charge in [-0.1, -0.05) is 57.7 Å². The second kappa shape index (κ2) is 14.9. The van der Waals surface area contributed by atoms with Crippen molar-refractivity contribution in [3.63, 3.8) is 0 Å². The zero-order valence-corrected chi connectivity index (χ0v) is 23.5. The molecule has 0 radical (unpaired) electrons. The van der Waals surface area contributed by atoms with E-state index in [1.807, 2.05) is 31.2 Å². The maximum absolute atomic E-state index is 11.3. The zero-order chi connectivity index (χ0) is 27.5. The standard InChI is InChI=1S/C16H25N3O2.C13H14ClNO2/c1-3-5-6-12(4-2)9-17-10-13-7-8-14-16(18-13)19-15(20)11-21-14;1-3-10(16)12-9(14)6-4-8-5-7-11(17-2)15-13(8)12/h7-8,12,17H,3-6,9-11H2,1-2H3,(H,18,19,20);4-7,10,16H,3H2,1-2H3. The van der Waals surface area contributed by atoms with E-state index < -0.39 is 6.10 Å². The summed E-state index contributed by atoms with van der Waals surface area (Å²) in [7, 11) is 1.56. The third-order valence-electron chi connectivity index (χ3n) is 6.57. The van der Waals surface area contributed by atoms with Crippen LogP contribution < -0.4 is 20.1 Å². The van der Waals surface area contributed by atoms with Crippen LogP contribution in [0.15, 0.2) is 36.4 Å². The molecule has 1 aliphatic heterocycles. The van der Waals surface area contributed by atoms with E-state index >= 15 is 0 Å². The van der Waals surface area contributed by atoms with Gasteiger partial charge in [-0.3, -0.25) is 4.79 Å². The van der Waals surface area contributed by atoms with Crippen molar-refractivity contribution in [3.05, 3.63) is 52.7 Å². The minimum Gasteiger partial charge on any atom is -0.481 e. The number of carbonyl (C=O) groups excluding carboxylic acids is 1. The lowest BCUT2D eigenvalue weighted by atomic mass is 9.99. The largest absolute Gasteiger partial charge is 0.481 e. The lowest BCUT2D eigenvalue weighted by Crippen LogP contribution is -2.27. The smallest absolute Gasteiger partial charge is 0.263 e. The zero-order valence-electron chi connectivity index (χ0n) is 22.7. The molecule has 8 nitrogen and oxygen atoms in total. The molecule has 2 unspecified atom stereocenters. The molecule has 2 aromatic heterocycles. The van der Waals surface area contributed by atoms with Crippen molar-refractivity contribution in [2.24, 2.45) is 5.92 Å². The number of methoxy groups -OCH3 is 1. The molecule has 38 heavy (non-hydrogen) atoms. The van der Waals surface area contributed by atoms with E-state index in [0.29, 0.717) is 46.5 Å². The molecule has 0 saturated heterocycles. The Morgan fingerprint density at radius 3 is 2.63 bits per heavy atom. The molecule has 3 aromatic rings. The van der Waals surface area contributed by atoms with Crippen molar-refractivity contribution in [3.8, 4) is 11.6 Å². The maximum atomic E-state index is 11.3. The summed E-state index contributed by atoms with van der Waals surface area (Å²) in [6, 6.07) is 11.2. The van der Waals surface area contributed by atoms with E-state index in [2.05, 4.69) is 34.4 Å². The summed E-state index contributed by atoms with van der Waals surface area (Å²) < 4.78 is 10.4. The number of amides is 1. The Balaban J connectivity index is 0.000000215. The Bertz CT molecular complexity index is 1210. The number of carbonyl (C=O) groups is 1. The monoisotopic (exact) mass is 542 g/mol. The van der Waals surface area contributed by atoms with Crippen molar-refractivity contribution < 1.29 is 19.4 Å². The Labute approximate surface area is 230 Å². The average Bonchev–Trinajstić information content (AvgIpc) is 2.94. The van der Waals surface area contributed by atoms with Gasteiger partial charge in [-0.25, -0.2) is 9.97 Å². The number of nitrogens with zero attached hydrogens (tertiary/aromatic N) is 2. The Morgan fingerprint density at radius 2 is 1.92 bits per heavy atom. The van der Waals surface area contributed by atoms with Crippen molar-refractivity contribution in [1.82, 2.24) is 15.3 Å². The first kappa shape index (κ1) is 29.6. The molecule has 1 amide bonds. The third-order valence-corrected chi connectivity index (χ3v) is 6.90. The van der Waals surface area contributed by atoms with Gasteiger partial charge in [-0.15, -0.1) is 0 Å². The highest BCUT2D eigenvalue weighted by atomic mass is 35.5. The summed E-state index contributed by atoms with van der Waals surface area (Å²) in [5.74, 6) is 2.27. The average molecular weight is 543 g/mol. The summed E-state index contributed by atoms with van der Waals surface area (Å²) in [4.78, 5) is 20.1. The van der Waals surface area contributed by atoms with E-state index in [1.54, 1.807) is 19.2 Å². The number of halogens is 1. The molecule has 0 bridgehead atoms. The fraction of sp³-hybridized carbons (Fsp3) is 0.483.